The highest BCUT2D eigenvalue weighted by Gasteiger charge is 2.45. The largest absolute Gasteiger partial charge is 0.341 e. The van der Waals surface area contributed by atoms with Gasteiger partial charge in [-0.15, -0.1) is 0 Å². The number of piperidine rings is 1. The van der Waals surface area contributed by atoms with Crippen molar-refractivity contribution in [1.29, 1.82) is 0 Å². The number of carbonyl (C=O) groups is 2. The molecule has 2 fully saturated rings. The molecule has 1 atom stereocenters. The number of aryl methyl sites for hydroxylation is 1. The number of nitrogens with zero attached hydrogens (tertiary/aromatic N) is 3. The highest BCUT2D eigenvalue weighted by molar-refractivity contribution is 5.98. The van der Waals surface area contributed by atoms with E-state index in [0.29, 0.717) is 11.0 Å². The number of rotatable bonds is 3. The zero-order valence-corrected chi connectivity index (χ0v) is 14.4. The first kappa shape index (κ1) is 15.7. The summed E-state index contributed by atoms with van der Waals surface area (Å²) >= 11 is 0. The smallest absolute Gasteiger partial charge is 0.255 e. The number of nitrogens with one attached hydrogen (secondary N) is 1. The Kier molecular flexibility index (Phi) is 3.85. The first-order valence-corrected chi connectivity index (χ1v) is 9.22. The van der Waals surface area contributed by atoms with Gasteiger partial charge in [0.2, 0.25) is 5.91 Å². The molecular weight excluding hydrogens is 304 g/mol. The van der Waals surface area contributed by atoms with Gasteiger partial charge in [-0.2, -0.15) is 5.10 Å². The van der Waals surface area contributed by atoms with Crippen LogP contribution in [0.5, 0.6) is 0 Å². The highest BCUT2D eigenvalue weighted by atomic mass is 16.2. The molecular formula is C18H26N4O2. The Morgan fingerprint density at radius 2 is 1.92 bits per heavy atom. The summed E-state index contributed by atoms with van der Waals surface area (Å²) in [4.78, 5) is 27.1. The maximum atomic E-state index is 12.6. The summed E-state index contributed by atoms with van der Waals surface area (Å²) in [7, 11) is 0. The molecule has 1 saturated heterocycles. The summed E-state index contributed by atoms with van der Waals surface area (Å²) in [5, 5.41) is 7.19. The molecule has 2 amide bonds. The van der Waals surface area contributed by atoms with E-state index in [1.165, 1.54) is 12.8 Å². The van der Waals surface area contributed by atoms with Crippen LogP contribution < -0.4 is 5.32 Å². The fourth-order valence-electron chi connectivity index (χ4n) is 4.10. The van der Waals surface area contributed by atoms with Crippen molar-refractivity contribution < 1.29 is 9.59 Å². The van der Waals surface area contributed by atoms with Crippen LogP contribution in [0.1, 0.15) is 61.5 Å². The summed E-state index contributed by atoms with van der Waals surface area (Å²) in [6.07, 6.45) is 9.64. The number of hydrogen-bond donors (Lipinski definition) is 1. The summed E-state index contributed by atoms with van der Waals surface area (Å²) in [5.41, 5.74) is 2.19. The van der Waals surface area contributed by atoms with Crippen molar-refractivity contribution in [3.63, 3.8) is 0 Å². The predicted molar refractivity (Wildman–Crippen MR) is 89.6 cm³/mol. The third kappa shape index (κ3) is 2.82. The number of fused-ring (bicyclic) bond motifs is 1. The van der Waals surface area contributed by atoms with Crippen molar-refractivity contribution in [2.45, 2.75) is 64.5 Å². The van der Waals surface area contributed by atoms with Crippen LogP contribution >= 0.6 is 0 Å². The van der Waals surface area contributed by atoms with Gasteiger partial charge in [-0.3, -0.25) is 14.3 Å². The van der Waals surface area contributed by atoms with Crippen LogP contribution in [0.25, 0.3) is 0 Å². The van der Waals surface area contributed by atoms with Crippen LogP contribution in [0.4, 0.5) is 0 Å². The van der Waals surface area contributed by atoms with Gasteiger partial charge in [0.1, 0.15) is 6.04 Å². The van der Waals surface area contributed by atoms with Crippen molar-refractivity contribution in [1.82, 2.24) is 20.0 Å². The van der Waals surface area contributed by atoms with Crippen molar-refractivity contribution in [3.8, 4) is 0 Å². The van der Waals surface area contributed by atoms with Crippen LogP contribution in [0.2, 0.25) is 0 Å². The van der Waals surface area contributed by atoms with Crippen molar-refractivity contribution in [3.05, 3.63) is 17.5 Å². The van der Waals surface area contributed by atoms with Crippen LogP contribution in [0, 0.1) is 5.41 Å². The summed E-state index contributed by atoms with van der Waals surface area (Å²) in [5.74, 6) is -0.130. The molecule has 0 unspecified atom stereocenters. The molecule has 1 spiro atoms. The lowest BCUT2D eigenvalue weighted by molar-refractivity contribution is -0.134. The molecule has 3 heterocycles. The molecule has 3 aliphatic rings. The summed E-state index contributed by atoms with van der Waals surface area (Å²) in [6.45, 7) is 4.34. The molecule has 1 aromatic rings. The van der Waals surface area contributed by atoms with Gasteiger partial charge in [0.15, 0.2) is 0 Å². The quantitative estimate of drug-likeness (QED) is 0.918. The van der Waals surface area contributed by atoms with Crippen LogP contribution in [0.3, 0.4) is 0 Å². The lowest BCUT2D eigenvalue weighted by Gasteiger charge is -2.33. The molecule has 1 N–H and O–H groups in total. The number of amides is 2. The molecule has 1 aromatic heterocycles. The molecule has 0 bridgehead atoms. The van der Waals surface area contributed by atoms with E-state index < -0.39 is 6.04 Å². The normalized spacial score (nSPS) is 22.8. The van der Waals surface area contributed by atoms with Gasteiger partial charge in [-0.25, -0.2) is 0 Å². The Morgan fingerprint density at radius 3 is 2.62 bits per heavy atom. The molecule has 6 heteroatoms. The van der Waals surface area contributed by atoms with Crippen LogP contribution in [-0.2, 0) is 17.8 Å². The van der Waals surface area contributed by atoms with E-state index in [2.05, 4.69) is 10.4 Å². The second-order valence-corrected chi connectivity index (χ2v) is 7.71. The lowest BCUT2D eigenvalue weighted by Crippen LogP contribution is -2.49. The Labute approximate surface area is 142 Å². The number of hydrogen-bond acceptors (Lipinski definition) is 3. The monoisotopic (exact) mass is 330 g/mol. The van der Waals surface area contributed by atoms with Gasteiger partial charge >= 0.3 is 0 Å². The van der Waals surface area contributed by atoms with Crippen molar-refractivity contribution >= 4 is 11.8 Å². The van der Waals surface area contributed by atoms with Gasteiger partial charge < -0.3 is 10.2 Å². The Hall–Kier alpha value is -1.85. The maximum Gasteiger partial charge on any atom is 0.255 e. The fraction of sp³-hybridized carbons (Fsp3) is 0.722. The van der Waals surface area contributed by atoms with Gasteiger partial charge in [0.25, 0.3) is 5.91 Å². The molecule has 24 heavy (non-hydrogen) atoms. The van der Waals surface area contributed by atoms with Gasteiger partial charge in [0, 0.05) is 19.6 Å². The minimum Gasteiger partial charge on any atom is -0.341 e. The lowest BCUT2D eigenvalue weighted by atomic mass is 9.93. The molecule has 0 radical (unpaired) electrons. The fourth-order valence-corrected chi connectivity index (χ4v) is 4.10. The Morgan fingerprint density at radius 1 is 1.17 bits per heavy atom. The number of likely N-dealkylation sites (tertiary alicyclic amines) is 1. The second-order valence-electron chi connectivity index (χ2n) is 7.71. The standard InChI is InChI=1S/C18H26N4O2/c1-13(17(24)21-10-7-18(5-6-18)8-11-21)20-16(23)14-12-19-22-9-3-2-4-15(14)22/h12-13H,2-11H2,1H3,(H,20,23)/t13-/m1/s1. The molecule has 2 aliphatic heterocycles. The maximum absolute atomic E-state index is 12.6. The first-order chi connectivity index (χ1) is 11.6. The summed E-state index contributed by atoms with van der Waals surface area (Å²) < 4.78 is 1.92. The second kappa shape index (κ2) is 5.90. The van der Waals surface area contributed by atoms with E-state index in [-0.39, 0.29) is 11.8 Å². The topological polar surface area (TPSA) is 67.2 Å². The van der Waals surface area contributed by atoms with E-state index >= 15 is 0 Å². The first-order valence-electron chi connectivity index (χ1n) is 9.22. The molecule has 4 rings (SSSR count). The molecule has 6 nitrogen and oxygen atoms in total. The molecule has 1 saturated carbocycles. The predicted octanol–water partition coefficient (Wildman–Crippen LogP) is 1.74. The van der Waals surface area contributed by atoms with Crippen LogP contribution in [0.15, 0.2) is 6.20 Å². The van der Waals surface area contributed by atoms with Crippen molar-refractivity contribution in [2.24, 2.45) is 5.41 Å². The third-order valence-corrected chi connectivity index (χ3v) is 6.04. The van der Waals surface area contributed by atoms with Gasteiger partial charge in [-0.1, -0.05) is 0 Å². The van der Waals surface area contributed by atoms with E-state index in [0.717, 1.165) is 57.4 Å². The van der Waals surface area contributed by atoms with Crippen molar-refractivity contribution in [2.75, 3.05) is 13.1 Å². The summed E-state index contributed by atoms with van der Waals surface area (Å²) in [6, 6.07) is -0.482. The van der Waals surface area contributed by atoms with Crippen LogP contribution in [-0.4, -0.2) is 45.6 Å². The molecule has 0 aromatic carbocycles. The zero-order chi connectivity index (χ0) is 16.7. The minimum absolute atomic E-state index is 0.0416. The third-order valence-electron chi connectivity index (χ3n) is 6.04. The van der Waals surface area contributed by atoms with Gasteiger partial charge in [-0.05, 0) is 57.3 Å². The Bertz CT molecular complexity index is 652. The Balaban J connectivity index is 1.36. The molecule has 130 valence electrons. The van der Waals surface area contributed by atoms with E-state index in [1.54, 1.807) is 13.1 Å². The van der Waals surface area contributed by atoms with Gasteiger partial charge in [0.05, 0.1) is 17.5 Å². The molecule has 1 aliphatic carbocycles. The SMILES string of the molecule is C[C@@H](NC(=O)c1cnn2c1CCCC2)C(=O)N1CCC2(CC1)CC2. The number of carbonyl (C=O) groups excluding carboxylic acids is 2. The number of aromatic nitrogens is 2. The average molecular weight is 330 g/mol. The average Bonchev–Trinajstić information content (AvgIpc) is 3.21. The minimum atomic E-state index is -0.482. The highest BCUT2D eigenvalue weighted by Crippen LogP contribution is 2.53. The van der Waals surface area contributed by atoms with E-state index in [4.69, 9.17) is 0 Å². The van der Waals surface area contributed by atoms with E-state index in [9.17, 15) is 9.59 Å². The zero-order valence-electron chi connectivity index (χ0n) is 14.4. The van der Waals surface area contributed by atoms with E-state index in [1.807, 2.05) is 9.58 Å².